The topological polar surface area (TPSA) is 56.7 Å². The third-order valence-corrected chi connectivity index (χ3v) is 4.79. The van der Waals surface area contributed by atoms with Gasteiger partial charge < -0.3 is 8.98 Å². The molecule has 0 amide bonds. The summed E-state index contributed by atoms with van der Waals surface area (Å²) in [5.41, 5.74) is 1.96. The molecule has 1 saturated carbocycles. The third kappa shape index (κ3) is 2.53. The van der Waals surface area contributed by atoms with Crippen molar-refractivity contribution in [2.45, 2.75) is 29.7 Å². The maximum atomic E-state index is 6.00. The second-order valence-corrected chi connectivity index (χ2v) is 6.56. The molecule has 0 bridgehead atoms. The first-order valence-corrected chi connectivity index (χ1v) is 8.14. The molecule has 0 N–H and O–H groups in total. The second-order valence-electron chi connectivity index (χ2n) is 5.18. The van der Waals surface area contributed by atoms with Crippen molar-refractivity contribution in [2.24, 2.45) is 7.05 Å². The molecule has 0 aliphatic heterocycles. The Morgan fingerprint density at radius 3 is 3.05 bits per heavy atom. The van der Waals surface area contributed by atoms with Gasteiger partial charge in [-0.25, -0.2) is 4.98 Å². The van der Waals surface area contributed by atoms with Gasteiger partial charge in [0.15, 0.2) is 5.16 Å². The van der Waals surface area contributed by atoms with Crippen molar-refractivity contribution in [3.63, 3.8) is 0 Å². The van der Waals surface area contributed by atoms with Gasteiger partial charge in [0, 0.05) is 18.0 Å². The van der Waals surface area contributed by atoms with Crippen LogP contribution in [0.25, 0.3) is 11.0 Å². The van der Waals surface area contributed by atoms with Crippen LogP contribution in [0.3, 0.4) is 0 Å². The number of nitrogens with zero attached hydrogens (tertiary/aromatic N) is 4. The van der Waals surface area contributed by atoms with Crippen LogP contribution in [0, 0.1) is 0 Å². The van der Waals surface area contributed by atoms with Crippen LogP contribution < -0.4 is 0 Å². The fourth-order valence-corrected chi connectivity index (χ4v) is 3.22. The first kappa shape index (κ1) is 13.2. The van der Waals surface area contributed by atoms with E-state index in [2.05, 4.69) is 19.7 Å². The summed E-state index contributed by atoms with van der Waals surface area (Å²) in [6.45, 7) is 0. The van der Waals surface area contributed by atoms with Crippen LogP contribution in [0.1, 0.15) is 30.5 Å². The Balaban J connectivity index is 1.54. The number of thioether (sulfide) groups is 1. The van der Waals surface area contributed by atoms with Gasteiger partial charge >= 0.3 is 0 Å². The highest BCUT2D eigenvalue weighted by Gasteiger charge is 2.29. The molecular weight excluding hydrogens is 308 g/mol. The molecule has 2 aromatic heterocycles. The molecule has 108 valence electrons. The number of aromatic nitrogens is 4. The zero-order valence-corrected chi connectivity index (χ0v) is 13.0. The molecule has 0 unspecified atom stereocenters. The van der Waals surface area contributed by atoms with Crippen molar-refractivity contribution in [2.75, 3.05) is 0 Å². The molecule has 21 heavy (non-hydrogen) atoms. The molecule has 0 radical (unpaired) electrons. The SMILES string of the molecule is Cn1c(SCc2nnc(C3CC3)o2)nc2cc(Cl)ccc21. The lowest BCUT2D eigenvalue weighted by atomic mass is 10.3. The Morgan fingerprint density at radius 1 is 1.38 bits per heavy atom. The van der Waals surface area contributed by atoms with E-state index in [1.165, 1.54) is 12.8 Å². The van der Waals surface area contributed by atoms with Crippen LogP contribution in [0.15, 0.2) is 27.8 Å². The van der Waals surface area contributed by atoms with Gasteiger partial charge in [-0.15, -0.1) is 10.2 Å². The molecular formula is C14H13ClN4OS. The van der Waals surface area contributed by atoms with Gasteiger partial charge in [0.25, 0.3) is 0 Å². The van der Waals surface area contributed by atoms with E-state index in [-0.39, 0.29) is 0 Å². The summed E-state index contributed by atoms with van der Waals surface area (Å²) < 4.78 is 7.71. The van der Waals surface area contributed by atoms with Crippen molar-refractivity contribution in [1.82, 2.24) is 19.7 Å². The van der Waals surface area contributed by atoms with E-state index in [9.17, 15) is 0 Å². The largest absolute Gasteiger partial charge is 0.424 e. The van der Waals surface area contributed by atoms with E-state index in [4.69, 9.17) is 16.0 Å². The van der Waals surface area contributed by atoms with Gasteiger partial charge in [-0.3, -0.25) is 0 Å². The molecule has 1 aromatic carbocycles. The number of rotatable bonds is 4. The molecule has 2 heterocycles. The minimum Gasteiger partial charge on any atom is -0.424 e. The standard InChI is InChI=1S/C14H13ClN4OS/c1-19-11-5-4-9(15)6-10(11)16-14(19)21-7-12-17-18-13(20-12)8-2-3-8/h4-6,8H,2-3,7H2,1H3. The van der Waals surface area contributed by atoms with Crippen LogP contribution in [-0.4, -0.2) is 19.7 Å². The number of hydrogen-bond acceptors (Lipinski definition) is 5. The summed E-state index contributed by atoms with van der Waals surface area (Å²) in [5.74, 6) is 2.56. The predicted molar refractivity (Wildman–Crippen MR) is 81.6 cm³/mol. The Bertz CT molecular complexity index is 809. The van der Waals surface area contributed by atoms with Gasteiger partial charge in [0.2, 0.25) is 11.8 Å². The number of halogens is 1. The zero-order valence-electron chi connectivity index (χ0n) is 11.4. The summed E-state index contributed by atoms with van der Waals surface area (Å²) >= 11 is 7.59. The molecule has 0 atom stereocenters. The lowest BCUT2D eigenvalue weighted by molar-refractivity contribution is 0.466. The molecule has 5 nitrogen and oxygen atoms in total. The fourth-order valence-electron chi connectivity index (χ4n) is 2.23. The van der Waals surface area contributed by atoms with Gasteiger partial charge in [0.1, 0.15) is 0 Å². The monoisotopic (exact) mass is 320 g/mol. The van der Waals surface area contributed by atoms with Crippen LogP contribution in [-0.2, 0) is 12.8 Å². The first-order valence-electron chi connectivity index (χ1n) is 6.78. The predicted octanol–water partition coefficient (Wildman–Crippen LogP) is 3.78. The number of hydrogen-bond donors (Lipinski definition) is 0. The number of aryl methyl sites for hydroxylation is 1. The Morgan fingerprint density at radius 2 is 2.24 bits per heavy atom. The fraction of sp³-hybridized carbons (Fsp3) is 0.357. The van der Waals surface area contributed by atoms with E-state index >= 15 is 0 Å². The highest BCUT2D eigenvalue weighted by molar-refractivity contribution is 7.98. The van der Waals surface area contributed by atoms with Crippen LogP contribution in [0.2, 0.25) is 5.02 Å². The highest BCUT2D eigenvalue weighted by atomic mass is 35.5. The van der Waals surface area contributed by atoms with E-state index in [1.54, 1.807) is 11.8 Å². The summed E-state index contributed by atoms with van der Waals surface area (Å²) in [6.07, 6.45) is 2.33. The highest BCUT2D eigenvalue weighted by Crippen LogP contribution is 2.39. The lowest BCUT2D eigenvalue weighted by Gasteiger charge is -1.99. The average Bonchev–Trinajstić information content (AvgIpc) is 3.14. The minimum atomic E-state index is 0.495. The van der Waals surface area contributed by atoms with Crippen LogP contribution in [0.5, 0.6) is 0 Å². The Hall–Kier alpha value is -1.53. The zero-order chi connectivity index (χ0) is 14.4. The second kappa shape index (κ2) is 5.03. The third-order valence-electron chi connectivity index (χ3n) is 3.54. The van der Waals surface area contributed by atoms with Gasteiger partial charge in [-0.05, 0) is 31.0 Å². The van der Waals surface area contributed by atoms with Crippen LogP contribution in [0.4, 0.5) is 0 Å². The lowest BCUT2D eigenvalue weighted by Crippen LogP contribution is -1.91. The average molecular weight is 321 g/mol. The van der Waals surface area contributed by atoms with Crippen molar-refractivity contribution < 1.29 is 4.42 Å². The molecule has 7 heteroatoms. The van der Waals surface area contributed by atoms with E-state index < -0.39 is 0 Å². The van der Waals surface area contributed by atoms with E-state index in [0.717, 1.165) is 22.1 Å². The summed E-state index contributed by atoms with van der Waals surface area (Å²) in [5, 5.41) is 9.80. The van der Waals surface area contributed by atoms with E-state index in [1.807, 2.05) is 25.2 Å². The minimum absolute atomic E-state index is 0.495. The maximum absolute atomic E-state index is 6.00. The maximum Gasteiger partial charge on any atom is 0.226 e. The molecule has 0 spiro atoms. The number of imidazole rings is 1. The van der Waals surface area contributed by atoms with Gasteiger partial charge in [-0.2, -0.15) is 0 Å². The van der Waals surface area contributed by atoms with Gasteiger partial charge in [0.05, 0.1) is 16.8 Å². The molecule has 1 aliphatic rings. The first-order chi connectivity index (χ1) is 10.2. The van der Waals surface area contributed by atoms with Crippen molar-refractivity contribution in [1.29, 1.82) is 0 Å². The smallest absolute Gasteiger partial charge is 0.226 e. The Labute approximate surface area is 130 Å². The Kier molecular flexibility index (Phi) is 3.15. The molecule has 3 aromatic rings. The van der Waals surface area contributed by atoms with Crippen LogP contribution >= 0.6 is 23.4 Å². The number of benzene rings is 1. The quantitative estimate of drug-likeness (QED) is 0.685. The van der Waals surface area contributed by atoms with E-state index in [0.29, 0.717) is 22.6 Å². The summed E-state index contributed by atoms with van der Waals surface area (Å²) in [6, 6.07) is 5.73. The summed E-state index contributed by atoms with van der Waals surface area (Å²) in [4.78, 5) is 4.59. The number of fused-ring (bicyclic) bond motifs is 1. The van der Waals surface area contributed by atoms with Gasteiger partial charge in [-0.1, -0.05) is 23.4 Å². The molecule has 4 rings (SSSR count). The molecule has 1 fully saturated rings. The van der Waals surface area contributed by atoms with Crippen molar-refractivity contribution in [3.05, 3.63) is 35.0 Å². The normalized spacial score (nSPS) is 15.0. The summed E-state index contributed by atoms with van der Waals surface area (Å²) in [7, 11) is 2.00. The molecule has 1 aliphatic carbocycles. The van der Waals surface area contributed by atoms with Crippen molar-refractivity contribution in [3.8, 4) is 0 Å². The molecule has 0 saturated heterocycles. The van der Waals surface area contributed by atoms with Crippen molar-refractivity contribution >= 4 is 34.4 Å².